The Balaban J connectivity index is 3.11. The maximum absolute atomic E-state index is 10.4. The molecule has 5 nitrogen and oxygen atoms in total. The zero-order valence-electron chi connectivity index (χ0n) is 7.64. The summed E-state index contributed by atoms with van der Waals surface area (Å²) in [5.41, 5.74) is 0.740. The fourth-order valence-corrected chi connectivity index (χ4v) is 1.25. The summed E-state index contributed by atoms with van der Waals surface area (Å²) in [6.45, 7) is 1.73. The van der Waals surface area contributed by atoms with Gasteiger partial charge in [0.1, 0.15) is 0 Å². The molecule has 77 valence electrons. The lowest BCUT2D eigenvalue weighted by atomic mass is 10.2. The lowest BCUT2D eigenvalue weighted by Gasteiger charge is -2.07. The van der Waals surface area contributed by atoms with Crippen LogP contribution in [-0.2, 0) is 10.4 Å². The Morgan fingerprint density at radius 1 is 1.50 bits per heavy atom. The van der Waals surface area contributed by atoms with Crippen molar-refractivity contribution >= 4 is 10.4 Å². The van der Waals surface area contributed by atoms with Crippen LogP contribution in [0.15, 0.2) is 12.1 Å². The number of methoxy groups -OCH3 is 1. The Labute approximate surface area is 82.2 Å². The van der Waals surface area contributed by atoms with E-state index in [1.807, 2.05) is 0 Å². The highest BCUT2D eigenvalue weighted by Gasteiger charge is 2.12. The minimum Gasteiger partial charge on any atom is -0.492 e. The molecule has 0 aromatic heterocycles. The normalized spacial score (nSPS) is 11.1. The molecule has 0 saturated carbocycles. The molecule has 0 aliphatic carbocycles. The van der Waals surface area contributed by atoms with Gasteiger partial charge >= 0.3 is 10.4 Å². The Hall–Kier alpha value is -1.27. The Bertz CT molecular complexity index is 423. The summed E-state index contributed by atoms with van der Waals surface area (Å²) in [6, 6.07) is 5.68. The van der Waals surface area contributed by atoms with E-state index in [-0.39, 0.29) is 11.5 Å². The standard InChI is InChI=1S/C8H9O5S/c1-6-3-4-7(12-2)8(5-6)13-14(9,10)11/h3,5H,1-2H3,(H,9,10,11). The van der Waals surface area contributed by atoms with Crippen LogP contribution < -0.4 is 8.92 Å². The highest BCUT2D eigenvalue weighted by molar-refractivity contribution is 7.81. The number of hydrogen-bond acceptors (Lipinski definition) is 4. The van der Waals surface area contributed by atoms with Crippen molar-refractivity contribution in [3.8, 4) is 11.5 Å². The highest BCUT2D eigenvalue weighted by atomic mass is 32.3. The van der Waals surface area contributed by atoms with E-state index in [2.05, 4.69) is 10.2 Å². The summed E-state index contributed by atoms with van der Waals surface area (Å²) >= 11 is 0. The Kier molecular flexibility index (Phi) is 2.97. The van der Waals surface area contributed by atoms with Gasteiger partial charge in [-0.1, -0.05) is 0 Å². The van der Waals surface area contributed by atoms with Gasteiger partial charge < -0.3 is 8.92 Å². The summed E-state index contributed by atoms with van der Waals surface area (Å²) in [5.74, 6) is 0.0308. The Morgan fingerprint density at radius 3 is 2.64 bits per heavy atom. The minimum atomic E-state index is -4.53. The SMILES string of the molecule is COc1[c]cc(C)cc1OS(=O)(=O)O. The fraction of sp³-hybridized carbons (Fsp3) is 0.250. The molecule has 1 aromatic carbocycles. The molecule has 0 bridgehead atoms. The lowest BCUT2D eigenvalue weighted by molar-refractivity contribution is 0.359. The first-order valence-electron chi connectivity index (χ1n) is 3.65. The summed E-state index contributed by atoms with van der Waals surface area (Å²) in [4.78, 5) is 0. The van der Waals surface area contributed by atoms with Gasteiger partial charge in [0, 0.05) is 6.07 Å². The molecule has 1 radical (unpaired) electrons. The third kappa shape index (κ3) is 2.90. The molecule has 14 heavy (non-hydrogen) atoms. The molecule has 0 spiro atoms. The topological polar surface area (TPSA) is 72.8 Å². The van der Waals surface area contributed by atoms with E-state index in [4.69, 9.17) is 9.29 Å². The molecule has 0 aliphatic heterocycles. The molecule has 6 heteroatoms. The van der Waals surface area contributed by atoms with Crippen molar-refractivity contribution < 1.29 is 21.9 Å². The number of ether oxygens (including phenoxy) is 1. The van der Waals surface area contributed by atoms with E-state index in [1.165, 1.54) is 13.2 Å². The molecule has 1 rings (SSSR count). The maximum atomic E-state index is 10.4. The molecule has 0 amide bonds. The first-order valence-corrected chi connectivity index (χ1v) is 5.02. The van der Waals surface area contributed by atoms with Crippen LogP contribution in [0.3, 0.4) is 0 Å². The third-order valence-electron chi connectivity index (χ3n) is 1.41. The smallest absolute Gasteiger partial charge is 0.446 e. The van der Waals surface area contributed by atoms with Gasteiger partial charge in [0.15, 0.2) is 11.5 Å². The average Bonchev–Trinajstić information content (AvgIpc) is 2.01. The molecular formula is C8H9O5S. The van der Waals surface area contributed by atoms with E-state index < -0.39 is 10.4 Å². The summed E-state index contributed by atoms with van der Waals surface area (Å²) < 4.78 is 38.4. The maximum Gasteiger partial charge on any atom is 0.446 e. The van der Waals surface area contributed by atoms with Crippen LogP contribution in [0.2, 0.25) is 0 Å². The zero-order valence-corrected chi connectivity index (χ0v) is 8.46. The number of aryl methyl sites for hydroxylation is 1. The molecule has 1 N–H and O–H groups in total. The van der Waals surface area contributed by atoms with Crippen LogP contribution >= 0.6 is 0 Å². The molecule has 0 atom stereocenters. The van der Waals surface area contributed by atoms with E-state index in [9.17, 15) is 8.42 Å². The van der Waals surface area contributed by atoms with Gasteiger partial charge in [0.2, 0.25) is 0 Å². The number of benzene rings is 1. The first-order chi connectivity index (χ1) is 6.42. The van der Waals surface area contributed by atoms with Crippen molar-refractivity contribution in [3.05, 3.63) is 23.8 Å². The van der Waals surface area contributed by atoms with Gasteiger partial charge in [-0.2, -0.15) is 8.42 Å². The Morgan fingerprint density at radius 2 is 2.14 bits per heavy atom. The molecular weight excluding hydrogens is 208 g/mol. The highest BCUT2D eigenvalue weighted by Crippen LogP contribution is 2.27. The van der Waals surface area contributed by atoms with Crippen molar-refractivity contribution in [2.75, 3.05) is 7.11 Å². The van der Waals surface area contributed by atoms with Gasteiger partial charge in [0.25, 0.3) is 0 Å². The van der Waals surface area contributed by atoms with Gasteiger partial charge in [-0.15, -0.1) is 0 Å². The second-order valence-electron chi connectivity index (χ2n) is 2.59. The predicted molar refractivity (Wildman–Crippen MR) is 48.7 cm³/mol. The van der Waals surface area contributed by atoms with Crippen LogP contribution in [-0.4, -0.2) is 20.1 Å². The molecule has 1 aromatic rings. The second kappa shape index (κ2) is 3.85. The molecule has 0 aliphatic rings. The molecule has 0 saturated heterocycles. The summed E-state index contributed by atoms with van der Waals surface area (Å²) in [6.07, 6.45) is 0. The summed E-state index contributed by atoms with van der Waals surface area (Å²) in [5, 5.41) is 0. The van der Waals surface area contributed by atoms with E-state index in [0.717, 1.165) is 5.56 Å². The number of rotatable bonds is 3. The van der Waals surface area contributed by atoms with Crippen molar-refractivity contribution in [1.29, 1.82) is 0 Å². The third-order valence-corrected chi connectivity index (χ3v) is 1.80. The zero-order chi connectivity index (χ0) is 10.8. The molecule has 0 fully saturated rings. The van der Waals surface area contributed by atoms with E-state index in [0.29, 0.717) is 0 Å². The summed E-state index contributed by atoms with van der Waals surface area (Å²) in [7, 11) is -3.18. The van der Waals surface area contributed by atoms with Crippen LogP contribution in [0.25, 0.3) is 0 Å². The molecule has 0 heterocycles. The van der Waals surface area contributed by atoms with Gasteiger partial charge in [-0.25, -0.2) is 0 Å². The van der Waals surface area contributed by atoms with Gasteiger partial charge in [-0.3, -0.25) is 4.55 Å². The van der Waals surface area contributed by atoms with Crippen LogP contribution in [0.4, 0.5) is 0 Å². The van der Waals surface area contributed by atoms with E-state index >= 15 is 0 Å². The molecule has 0 unspecified atom stereocenters. The van der Waals surface area contributed by atoms with Crippen LogP contribution in [0, 0.1) is 13.0 Å². The van der Waals surface area contributed by atoms with Crippen molar-refractivity contribution in [2.24, 2.45) is 0 Å². The van der Waals surface area contributed by atoms with Gasteiger partial charge in [0.05, 0.1) is 7.11 Å². The monoisotopic (exact) mass is 217 g/mol. The lowest BCUT2D eigenvalue weighted by Crippen LogP contribution is -2.07. The van der Waals surface area contributed by atoms with Crippen LogP contribution in [0.5, 0.6) is 11.5 Å². The van der Waals surface area contributed by atoms with Crippen molar-refractivity contribution in [2.45, 2.75) is 6.92 Å². The average molecular weight is 217 g/mol. The quantitative estimate of drug-likeness (QED) is 0.764. The van der Waals surface area contributed by atoms with Crippen LogP contribution in [0.1, 0.15) is 5.56 Å². The largest absolute Gasteiger partial charge is 0.492 e. The first kappa shape index (κ1) is 10.8. The predicted octanol–water partition coefficient (Wildman–Crippen LogP) is 0.985. The fourth-order valence-electron chi connectivity index (χ4n) is 0.899. The number of hydrogen-bond donors (Lipinski definition) is 1. The van der Waals surface area contributed by atoms with E-state index in [1.54, 1.807) is 13.0 Å². The second-order valence-corrected chi connectivity index (χ2v) is 3.61. The van der Waals surface area contributed by atoms with Crippen molar-refractivity contribution in [3.63, 3.8) is 0 Å². The van der Waals surface area contributed by atoms with Gasteiger partial charge in [-0.05, 0) is 24.6 Å². The van der Waals surface area contributed by atoms with Crippen molar-refractivity contribution in [1.82, 2.24) is 0 Å². The minimum absolute atomic E-state index is 0.0880.